The maximum absolute atomic E-state index is 9.30. The molecule has 3 unspecified atom stereocenters. The average molecular weight is 248 g/mol. The molecule has 2 fully saturated rings. The summed E-state index contributed by atoms with van der Waals surface area (Å²) in [7, 11) is 0. The predicted octanol–water partition coefficient (Wildman–Crippen LogP) is 0.194. The number of aliphatic hydroxyl groups is 1. The smallest absolute Gasteiger partial charge is 0.146 e. The van der Waals surface area contributed by atoms with Gasteiger partial charge in [0.15, 0.2) is 0 Å². The highest BCUT2D eigenvalue weighted by Gasteiger charge is 2.37. The molecule has 5 heteroatoms. The Hall–Kier alpha value is -1.04. The number of aromatic nitrogens is 2. The van der Waals surface area contributed by atoms with Gasteiger partial charge in [0.1, 0.15) is 5.82 Å². The third-order valence-electron chi connectivity index (χ3n) is 4.10. The van der Waals surface area contributed by atoms with Crippen LogP contribution in [-0.2, 0) is 0 Å². The van der Waals surface area contributed by atoms with Gasteiger partial charge in [-0.25, -0.2) is 9.97 Å². The maximum Gasteiger partial charge on any atom is 0.146 e. The molecule has 2 N–H and O–H groups in total. The lowest BCUT2D eigenvalue weighted by Gasteiger charge is -2.46. The van der Waals surface area contributed by atoms with Gasteiger partial charge in [0.05, 0.1) is 6.04 Å². The molecule has 3 rings (SSSR count). The van der Waals surface area contributed by atoms with Crippen LogP contribution in [0.1, 0.15) is 24.7 Å². The fourth-order valence-electron chi connectivity index (χ4n) is 3.17. The fourth-order valence-corrected chi connectivity index (χ4v) is 3.17. The number of hydrogen-bond acceptors (Lipinski definition) is 5. The zero-order valence-corrected chi connectivity index (χ0v) is 10.5. The topological polar surface area (TPSA) is 61.3 Å². The van der Waals surface area contributed by atoms with Crippen molar-refractivity contribution >= 4 is 0 Å². The van der Waals surface area contributed by atoms with Crippen molar-refractivity contribution in [2.75, 3.05) is 26.2 Å². The Morgan fingerprint density at radius 2 is 2.17 bits per heavy atom. The molecule has 0 amide bonds. The van der Waals surface area contributed by atoms with E-state index in [0.29, 0.717) is 18.6 Å². The molecule has 0 saturated carbocycles. The Kier molecular flexibility index (Phi) is 3.54. The molecule has 3 heterocycles. The molecule has 3 atom stereocenters. The van der Waals surface area contributed by atoms with Crippen molar-refractivity contribution in [3.8, 4) is 0 Å². The summed E-state index contributed by atoms with van der Waals surface area (Å²) < 4.78 is 0. The maximum atomic E-state index is 9.30. The van der Waals surface area contributed by atoms with Gasteiger partial charge in [-0.05, 0) is 24.8 Å². The molecule has 0 bridgehead atoms. The van der Waals surface area contributed by atoms with Crippen LogP contribution in [0, 0.1) is 5.92 Å². The molecular weight excluding hydrogens is 228 g/mol. The molecule has 0 spiro atoms. The summed E-state index contributed by atoms with van der Waals surface area (Å²) in [6.07, 6.45) is 5.83. The molecule has 18 heavy (non-hydrogen) atoms. The normalized spacial score (nSPS) is 33.1. The first kappa shape index (κ1) is 12.0. The summed E-state index contributed by atoms with van der Waals surface area (Å²) in [4.78, 5) is 11.3. The zero-order chi connectivity index (χ0) is 12.4. The Morgan fingerprint density at radius 3 is 2.94 bits per heavy atom. The molecular formula is C13H20N4O. The first-order chi connectivity index (χ1) is 8.88. The van der Waals surface area contributed by atoms with Crippen molar-refractivity contribution in [3.63, 3.8) is 0 Å². The van der Waals surface area contributed by atoms with Crippen LogP contribution in [0.5, 0.6) is 0 Å². The van der Waals surface area contributed by atoms with E-state index in [1.165, 1.54) is 0 Å². The van der Waals surface area contributed by atoms with E-state index in [1.54, 1.807) is 0 Å². The van der Waals surface area contributed by atoms with Crippen LogP contribution in [0.25, 0.3) is 0 Å². The lowest BCUT2D eigenvalue weighted by Crippen LogP contribution is -2.57. The van der Waals surface area contributed by atoms with Crippen molar-refractivity contribution in [2.45, 2.75) is 24.9 Å². The summed E-state index contributed by atoms with van der Waals surface area (Å²) in [5.74, 6) is 1.34. The molecule has 0 aromatic carbocycles. The lowest BCUT2D eigenvalue weighted by molar-refractivity contribution is 0.0333. The average Bonchev–Trinajstić information content (AvgIpc) is 2.47. The van der Waals surface area contributed by atoms with Crippen LogP contribution in [0.4, 0.5) is 0 Å². The Labute approximate surface area is 107 Å². The molecule has 2 saturated heterocycles. The first-order valence-corrected chi connectivity index (χ1v) is 6.73. The van der Waals surface area contributed by atoms with Gasteiger partial charge >= 0.3 is 0 Å². The second kappa shape index (κ2) is 5.30. The van der Waals surface area contributed by atoms with Gasteiger partial charge in [-0.2, -0.15) is 0 Å². The van der Waals surface area contributed by atoms with Gasteiger partial charge in [0.2, 0.25) is 0 Å². The number of rotatable bonds is 2. The van der Waals surface area contributed by atoms with Crippen molar-refractivity contribution < 1.29 is 5.11 Å². The van der Waals surface area contributed by atoms with E-state index >= 15 is 0 Å². The van der Waals surface area contributed by atoms with E-state index in [2.05, 4.69) is 20.2 Å². The van der Waals surface area contributed by atoms with Gasteiger partial charge in [-0.1, -0.05) is 0 Å². The molecule has 5 nitrogen and oxygen atoms in total. The molecule has 1 aromatic rings. The SMILES string of the molecule is OCC1CCC2C(c3ncccn3)NCCN2C1. The molecule has 98 valence electrons. The molecule has 1 aromatic heterocycles. The number of nitrogens with zero attached hydrogens (tertiary/aromatic N) is 3. The zero-order valence-electron chi connectivity index (χ0n) is 10.5. The molecule has 2 aliphatic rings. The lowest BCUT2D eigenvalue weighted by atomic mass is 9.87. The van der Waals surface area contributed by atoms with Crippen LogP contribution in [0.15, 0.2) is 18.5 Å². The predicted molar refractivity (Wildman–Crippen MR) is 67.9 cm³/mol. The number of fused-ring (bicyclic) bond motifs is 1. The number of piperidine rings is 1. The Balaban J connectivity index is 1.77. The minimum atomic E-state index is 0.236. The number of hydrogen-bond donors (Lipinski definition) is 2. The highest BCUT2D eigenvalue weighted by Crippen LogP contribution is 2.31. The van der Waals surface area contributed by atoms with E-state index < -0.39 is 0 Å². The third kappa shape index (κ3) is 2.25. The summed E-state index contributed by atoms with van der Waals surface area (Å²) >= 11 is 0. The van der Waals surface area contributed by atoms with Gasteiger partial charge in [-0.15, -0.1) is 0 Å². The monoisotopic (exact) mass is 248 g/mol. The van der Waals surface area contributed by atoms with Gasteiger partial charge in [0.25, 0.3) is 0 Å². The van der Waals surface area contributed by atoms with Crippen LogP contribution in [0.2, 0.25) is 0 Å². The van der Waals surface area contributed by atoms with E-state index in [0.717, 1.165) is 38.3 Å². The largest absolute Gasteiger partial charge is 0.396 e. The van der Waals surface area contributed by atoms with Crippen LogP contribution in [-0.4, -0.2) is 52.3 Å². The van der Waals surface area contributed by atoms with E-state index in [1.807, 2.05) is 18.5 Å². The molecule has 0 aliphatic carbocycles. The Bertz CT molecular complexity index is 386. The minimum absolute atomic E-state index is 0.236. The number of piperazine rings is 1. The standard InChI is InChI=1S/C13H20N4O/c18-9-10-2-3-11-12(13-15-4-1-5-16-13)14-6-7-17(11)8-10/h1,4-5,10-12,14,18H,2-3,6-9H2. The summed E-state index contributed by atoms with van der Waals surface area (Å²) in [5.41, 5.74) is 0. The van der Waals surface area contributed by atoms with E-state index in [4.69, 9.17) is 0 Å². The van der Waals surface area contributed by atoms with Crippen molar-refractivity contribution in [1.82, 2.24) is 20.2 Å². The third-order valence-corrected chi connectivity index (χ3v) is 4.10. The van der Waals surface area contributed by atoms with E-state index in [9.17, 15) is 5.11 Å². The van der Waals surface area contributed by atoms with Crippen LogP contribution < -0.4 is 5.32 Å². The van der Waals surface area contributed by atoms with Crippen molar-refractivity contribution in [2.24, 2.45) is 5.92 Å². The van der Waals surface area contributed by atoms with E-state index in [-0.39, 0.29) is 6.04 Å². The number of nitrogens with one attached hydrogen (secondary N) is 1. The van der Waals surface area contributed by atoms with Gasteiger partial charge in [-0.3, -0.25) is 4.90 Å². The fraction of sp³-hybridized carbons (Fsp3) is 0.692. The van der Waals surface area contributed by atoms with Crippen molar-refractivity contribution in [3.05, 3.63) is 24.3 Å². The minimum Gasteiger partial charge on any atom is -0.396 e. The summed E-state index contributed by atoms with van der Waals surface area (Å²) in [6.45, 7) is 3.34. The van der Waals surface area contributed by atoms with Gasteiger partial charge < -0.3 is 10.4 Å². The second-order valence-corrected chi connectivity index (χ2v) is 5.23. The summed E-state index contributed by atoms with van der Waals surface area (Å²) in [5, 5.41) is 12.8. The molecule has 0 radical (unpaired) electrons. The number of aliphatic hydroxyl groups excluding tert-OH is 1. The van der Waals surface area contributed by atoms with Crippen LogP contribution in [0.3, 0.4) is 0 Å². The summed E-state index contributed by atoms with van der Waals surface area (Å²) in [6, 6.07) is 2.57. The van der Waals surface area contributed by atoms with Crippen LogP contribution >= 0.6 is 0 Å². The van der Waals surface area contributed by atoms with Crippen molar-refractivity contribution in [1.29, 1.82) is 0 Å². The highest BCUT2D eigenvalue weighted by molar-refractivity contribution is 5.05. The molecule has 2 aliphatic heterocycles. The second-order valence-electron chi connectivity index (χ2n) is 5.23. The van der Waals surface area contributed by atoms with Gasteiger partial charge in [0, 0.05) is 44.7 Å². The highest BCUT2D eigenvalue weighted by atomic mass is 16.3. The first-order valence-electron chi connectivity index (χ1n) is 6.73. The quantitative estimate of drug-likeness (QED) is 0.782. The Morgan fingerprint density at radius 1 is 1.33 bits per heavy atom.